The van der Waals surface area contributed by atoms with E-state index in [9.17, 15) is 18.0 Å². The lowest BCUT2D eigenvalue weighted by Crippen LogP contribution is -2.28. The lowest BCUT2D eigenvalue weighted by molar-refractivity contribution is -0.140. The summed E-state index contributed by atoms with van der Waals surface area (Å²) < 4.78 is 38.2. The third kappa shape index (κ3) is 2.33. The van der Waals surface area contributed by atoms with Crippen molar-refractivity contribution in [3.8, 4) is 0 Å². The van der Waals surface area contributed by atoms with Crippen molar-refractivity contribution < 1.29 is 22.8 Å². The van der Waals surface area contributed by atoms with Crippen LogP contribution >= 0.6 is 0 Å². The number of aromatic nitrogens is 2. The fourth-order valence-corrected chi connectivity index (χ4v) is 1.24. The molecule has 0 radical (unpaired) electrons. The number of alkyl halides is 3. The molecule has 0 aliphatic rings. The number of rotatable bonds is 2. The minimum atomic E-state index is -4.70. The zero-order chi connectivity index (χ0) is 13.4. The predicted molar refractivity (Wildman–Crippen MR) is 51.7 cm³/mol. The Hall–Kier alpha value is -1.77. The Morgan fingerprint density at radius 2 is 2.06 bits per heavy atom. The fourth-order valence-electron chi connectivity index (χ4n) is 1.24. The van der Waals surface area contributed by atoms with Gasteiger partial charge in [-0.2, -0.15) is 18.3 Å². The van der Waals surface area contributed by atoms with E-state index in [4.69, 9.17) is 5.73 Å². The monoisotopic (exact) mass is 252 g/mol. The normalized spacial score (nSPS) is 11.6. The SMILES string of the molecule is CON(C)C(=O)c1c(N)c(C(F)(F)F)nn1C. The highest BCUT2D eigenvalue weighted by atomic mass is 19.4. The van der Waals surface area contributed by atoms with Gasteiger partial charge in [-0.15, -0.1) is 0 Å². The average molecular weight is 252 g/mol. The van der Waals surface area contributed by atoms with Crippen molar-refractivity contribution in [3.05, 3.63) is 11.4 Å². The number of anilines is 1. The summed E-state index contributed by atoms with van der Waals surface area (Å²) in [5.74, 6) is -0.810. The van der Waals surface area contributed by atoms with Gasteiger partial charge >= 0.3 is 6.18 Å². The van der Waals surface area contributed by atoms with Gasteiger partial charge in [0.25, 0.3) is 5.91 Å². The topological polar surface area (TPSA) is 73.4 Å². The number of nitrogen functional groups attached to an aromatic ring is 1. The summed E-state index contributed by atoms with van der Waals surface area (Å²) in [4.78, 5) is 16.2. The summed E-state index contributed by atoms with van der Waals surface area (Å²) in [6.07, 6.45) is -4.70. The van der Waals surface area contributed by atoms with Gasteiger partial charge in [0.1, 0.15) is 0 Å². The number of aryl methyl sites for hydroxylation is 1. The molecule has 0 aliphatic carbocycles. The molecule has 0 atom stereocenters. The second kappa shape index (κ2) is 4.24. The Morgan fingerprint density at radius 1 is 1.53 bits per heavy atom. The molecular formula is C8H11F3N4O2. The highest BCUT2D eigenvalue weighted by Crippen LogP contribution is 2.34. The second-order valence-electron chi connectivity index (χ2n) is 3.22. The number of carbonyl (C=O) groups is 1. The highest BCUT2D eigenvalue weighted by molar-refractivity contribution is 5.97. The molecule has 0 saturated heterocycles. The van der Waals surface area contributed by atoms with Crippen LogP contribution in [0.15, 0.2) is 0 Å². The minimum absolute atomic E-state index is 0.373. The van der Waals surface area contributed by atoms with E-state index >= 15 is 0 Å². The van der Waals surface area contributed by atoms with Crippen LogP contribution in [0.25, 0.3) is 0 Å². The van der Waals surface area contributed by atoms with Crippen LogP contribution in [-0.4, -0.2) is 34.9 Å². The Kier molecular flexibility index (Phi) is 3.32. The molecule has 0 saturated carbocycles. The van der Waals surface area contributed by atoms with Gasteiger partial charge in [-0.1, -0.05) is 0 Å². The summed E-state index contributed by atoms with van der Waals surface area (Å²) in [5.41, 5.74) is 2.91. The predicted octanol–water partition coefficient (Wildman–Crippen LogP) is 0.655. The highest BCUT2D eigenvalue weighted by Gasteiger charge is 2.39. The molecule has 2 N–H and O–H groups in total. The summed E-state index contributed by atoms with van der Waals surface area (Å²) >= 11 is 0. The molecule has 0 aliphatic heterocycles. The molecule has 0 spiro atoms. The van der Waals surface area contributed by atoms with E-state index in [2.05, 4.69) is 9.94 Å². The van der Waals surface area contributed by atoms with Crippen LogP contribution < -0.4 is 5.73 Å². The van der Waals surface area contributed by atoms with E-state index in [0.717, 1.165) is 9.75 Å². The largest absolute Gasteiger partial charge is 0.437 e. The first kappa shape index (κ1) is 13.3. The van der Waals surface area contributed by atoms with Crippen molar-refractivity contribution in [1.82, 2.24) is 14.8 Å². The quantitative estimate of drug-likeness (QED) is 0.784. The van der Waals surface area contributed by atoms with Crippen molar-refractivity contribution >= 4 is 11.6 Å². The van der Waals surface area contributed by atoms with Crippen LogP contribution in [0.5, 0.6) is 0 Å². The first-order chi connectivity index (χ1) is 7.70. The molecule has 1 aromatic rings. The maximum absolute atomic E-state index is 12.5. The fraction of sp³-hybridized carbons (Fsp3) is 0.500. The van der Waals surface area contributed by atoms with E-state index in [-0.39, 0.29) is 5.69 Å². The number of hydroxylamine groups is 2. The number of hydrogen-bond donors (Lipinski definition) is 1. The van der Waals surface area contributed by atoms with E-state index < -0.39 is 23.5 Å². The van der Waals surface area contributed by atoms with E-state index in [0.29, 0.717) is 0 Å². The van der Waals surface area contributed by atoms with Crippen molar-refractivity contribution in [2.24, 2.45) is 7.05 Å². The molecule has 0 fully saturated rings. The Balaban J connectivity index is 3.28. The van der Waals surface area contributed by atoms with Crippen LogP contribution in [0.4, 0.5) is 18.9 Å². The average Bonchev–Trinajstić information content (AvgIpc) is 2.52. The van der Waals surface area contributed by atoms with Gasteiger partial charge in [-0.05, 0) is 0 Å². The molecule has 96 valence electrons. The summed E-state index contributed by atoms with van der Waals surface area (Å²) in [6, 6.07) is 0. The van der Waals surface area contributed by atoms with Crippen molar-refractivity contribution in [2.45, 2.75) is 6.18 Å². The molecule has 1 aromatic heterocycles. The van der Waals surface area contributed by atoms with Crippen LogP contribution in [-0.2, 0) is 18.1 Å². The molecule has 9 heteroatoms. The van der Waals surface area contributed by atoms with Crippen LogP contribution in [0, 0.1) is 0 Å². The van der Waals surface area contributed by atoms with Crippen molar-refractivity contribution in [2.75, 3.05) is 19.9 Å². The zero-order valence-electron chi connectivity index (χ0n) is 9.37. The third-order valence-corrected chi connectivity index (χ3v) is 2.11. The third-order valence-electron chi connectivity index (χ3n) is 2.11. The minimum Gasteiger partial charge on any atom is -0.395 e. The lowest BCUT2D eigenvalue weighted by Gasteiger charge is -2.13. The number of halogens is 3. The number of hydrogen-bond acceptors (Lipinski definition) is 4. The molecule has 6 nitrogen and oxygen atoms in total. The van der Waals surface area contributed by atoms with Crippen molar-refractivity contribution in [1.29, 1.82) is 0 Å². The first-order valence-electron chi connectivity index (χ1n) is 4.42. The number of carbonyl (C=O) groups excluding carboxylic acids is 1. The Labute approximate surface area is 94.7 Å². The Morgan fingerprint density at radius 3 is 2.41 bits per heavy atom. The number of nitrogens with two attached hydrogens (primary N) is 1. The summed E-state index contributed by atoms with van der Waals surface area (Å²) in [7, 11) is 3.65. The van der Waals surface area contributed by atoms with Gasteiger partial charge in [0, 0.05) is 14.1 Å². The molecular weight excluding hydrogens is 241 g/mol. The van der Waals surface area contributed by atoms with Crippen LogP contribution in [0.1, 0.15) is 16.2 Å². The van der Waals surface area contributed by atoms with Crippen molar-refractivity contribution in [3.63, 3.8) is 0 Å². The zero-order valence-corrected chi connectivity index (χ0v) is 9.37. The summed E-state index contributed by atoms with van der Waals surface area (Å²) in [5, 5.41) is 3.94. The van der Waals surface area contributed by atoms with E-state index in [1.807, 2.05) is 0 Å². The molecule has 0 bridgehead atoms. The maximum atomic E-state index is 12.5. The van der Waals surface area contributed by atoms with E-state index in [1.54, 1.807) is 0 Å². The van der Waals surface area contributed by atoms with Gasteiger partial charge in [-0.25, -0.2) is 5.06 Å². The Bertz CT molecular complexity index is 441. The van der Waals surface area contributed by atoms with Gasteiger partial charge in [0.15, 0.2) is 11.4 Å². The molecule has 17 heavy (non-hydrogen) atoms. The number of nitrogens with zero attached hydrogens (tertiary/aromatic N) is 3. The molecule has 0 unspecified atom stereocenters. The van der Waals surface area contributed by atoms with Crippen LogP contribution in [0.3, 0.4) is 0 Å². The molecule has 1 amide bonds. The smallest absolute Gasteiger partial charge is 0.395 e. The van der Waals surface area contributed by atoms with E-state index in [1.165, 1.54) is 21.2 Å². The van der Waals surface area contributed by atoms with Gasteiger partial charge in [0.05, 0.1) is 12.8 Å². The van der Waals surface area contributed by atoms with Gasteiger partial charge < -0.3 is 5.73 Å². The van der Waals surface area contributed by atoms with Gasteiger partial charge in [0.2, 0.25) is 0 Å². The molecule has 0 aromatic carbocycles. The first-order valence-corrected chi connectivity index (χ1v) is 4.42. The number of amides is 1. The molecule has 1 heterocycles. The lowest BCUT2D eigenvalue weighted by atomic mass is 10.2. The summed E-state index contributed by atoms with van der Waals surface area (Å²) in [6.45, 7) is 0. The van der Waals surface area contributed by atoms with Crippen LogP contribution in [0.2, 0.25) is 0 Å². The van der Waals surface area contributed by atoms with Gasteiger partial charge in [-0.3, -0.25) is 14.3 Å². The maximum Gasteiger partial charge on any atom is 0.437 e. The molecule has 1 rings (SSSR count). The second-order valence-corrected chi connectivity index (χ2v) is 3.22. The standard InChI is InChI=1S/C8H11F3N4O2/c1-14-5(7(16)15(2)17-3)4(12)6(13-14)8(9,10)11/h12H2,1-3H3.